The van der Waals surface area contributed by atoms with Gasteiger partial charge in [0.25, 0.3) is 0 Å². The molecule has 0 radical (unpaired) electrons. The quantitative estimate of drug-likeness (QED) is 0.726. The van der Waals surface area contributed by atoms with Crippen LogP contribution in [0.25, 0.3) is 0 Å². The van der Waals surface area contributed by atoms with Crippen molar-refractivity contribution in [1.29, 1.82) is 0 Å². The molecule has 2 N–H and O–H groups in total. The average Bonchev–Trinajstić information content (AvgIpc) is 2.67. The van der Waals surface area contributed by atoms with E-state index in [2.05, 4.69) is 5.32 Å². The first kappa shape index (κ1) is 23.0. The fourth-order valence-electron chi connectivity index (χ4n) is 3.49. The van der Waals surface area contributed by atoms with Crippen LogP contribution in [-0.2, 0) is 14.3 Å². The molecule has 1 amide bonds. The van der Waals surface area contributed by atoms with Gasteiger partial charge in [0.2, 0.25) is 0 Å². The molecule has 0 saturated carbocycles. The summed E-state index contributed by atoms with van der Waals surface area (Å²) < 4.78 is 17.1. The van der Waals surface area contributed by atoms with Gasteiger partial charge < -0.3 is 24.6 Å². The summed E-state index contributed by atoms with van der Waals surface area (Å²) in [4.78, 5) is 24.8. The summed E-state index contributed by atoms with van der Waals surface area (Å²) in [6, 6.07) is 8.58. The van der Waals surface area contributed by atoms with Crippen molar-refractivity contribution in [3.8, 4) is 5.75 Å². The van der Waals surface area contributed by atoms with Crippen LogP contribution in [0.5, 0.6) is 5.75 Å². The molecule has 1 saturated heterocycles. The second kappa shape index (κ2) is 10.5. The number of carbonyl (C=O) groups excluding carboxylic acids is 2. The monoisotopic (exact) mass is 407 g/mol. The summed E-state index contributed by atoms with van der Waals surface area (Å²) >= 11 is 0. The number of benzene rings is 1. The molecule has 0 aromatic heterocycles. The molecule has 2 rings (SSSR count). The number of aliphatic hydroxyl groups excluding tert-OH is 1. The molecule has 29 heavy (non-hydrogen) atoms. The van der Waals surface area contributed by atoms with E-state index >= 15 is 0 Å². The lowest BCUT2D eigenvalue weighted by Crippen LogP contribution is -2.46. The van der Waals surface area contributed by atoms with Gasteiger partial charge in [-0.15, -0.1) is 0 Å². The van der Waals surface area contributed by atoms with E-state index in [1.54, 1.807) is 27.7 Å². The summed E-state index contributed by atoms with van der Waals surface area (Å²) in [7, 11) is 0. The highest BCUT2D eigenvalue weighted by molar-refractivity contribution is 5.81. The zero-order chi connectivity index (χ0) is 21.4. The first-order valence-electron chi connectivity index (χ1n) is 10.2. The Hall–Kier alpha value is -2.28. The molecule has 4 atom stereocenters. The van der Waals surface area contributed by atoms with E-state index in [4.69, 9.17) is 14.2 Å². The van der Waals surface area contributed by atoms with Crippen LogP contribution >= 0.6 is 0 Å². The summed E-state index contributed by atoms with van der Waals surface area (Å²) in [5, 5.41) is 12.1. The number of nitrogens with one attached hydrogen (secondary N) is 1. The Morgan fingerprint density at radius 3 is 2.55 bits per heavy atom. The fourth-order valence-corrected chi connectivity index (χ4v) is 3.49. The number of esters is 1. The summed E-state index contributed by atoms with van der Waals surface area (Å²) in [5.74, 6) is 0.198. The first-order valence-corrected chi connectivity index (χ1v) is 10.2. The molecule has 0 bridgehead atoms. The summed E-state index contributed by atoms with van der Waals surface area (Å²) in [6.07, 6.45) is 0.825. The number of aliphatic hydroxyl groups is 1. The Bertz CT molecular complexity index is 657. The number of hydrogen-bond donors (Lipinski definition) is 2. The highest BCUT2D eigenvalue weighted by Gasteiger charge is 2.35. The minimum atomic E-state index is -0.780. The van der Waals surface area contributed by atoms with Gasteiger partial charge >= 0.3 is 12.1 Å². The van der Waals surface area contributed by atoms with Crippen LogP contribution in [0.3, 0.4) is 0 Å². The van der Waals surface area contributed by atoms with Gasteiger partial charge in [-0.25, -0.2) is 9.59 Å². The lowest BCUT2D eigenvalue weighted by molar-refractivity contribution is -0.156. The smallest absolute Gasteiger partial charge is 0.408 e. The van der Waals surface area contributed by atoms with Gasteiger partial charge in [0.05, 0.1) is 0 Å². The molecule has 1 fully saturated rings. The Morgan fingerprint density at radius 2 is 1.93 bits per heavy atom. The van der Waals surface area contributed by atoms with Gasteiger partial charge in [0.1, 0.15) is 29.6 Å². The number of alkyl carbamates (subject to hydrolysis) is 1. The molecule has 1 aliphatic heterocycles. The molecule has 0 unspecified atom stereocenters. The minimum absolute atomic E-state index is 0.0169. The molecular weight excluding hydrogens is 374 g/mol. The molecule has 1 aliphatic rings. The second-order valence-electron chi connectivity index (χ2n) is 8.44. The van der Waals surface area contributed by atoms with Crippen LogP contribution in [0.2, 0.25) is 0 Å². The van der Waals surface area contributed by atoms with Crippen molar-refractivity contribution in [1.82, 2.24) is 5.32 Å². The van der Waals surface area contributed by atoms with E-state index in [9.17, 15) is 14.7 Å². The van der Waals surface area contributed by atoms with Crippen molar-refractivity contribution in [2.45, 2.75) is 77.2 Å². The summed E-state index contributed by atoms with van der Waals surface area (Å²) in [5.41, 5.74) is -0.652. The van der Waals surface area contributed by atoms with Crippen molar-refractivity contribution < 1.29 is 28.9 Å². The standard InChI is InChI=1S/C22H33NO6/c1-15-19(28-17-10-6-5-7-11-17)16(13-14-24)9-8-12-18(20(25)27-15)23-21(26)29-22(2,3)4/h5-7,10-11,15-16,18-19,24H,8-9,12-14H2,1-4H3,(H,23,26)/t15-,16+,18-,19-/m0/s1. The van der Waals surface area contributed by atoms with Crippen LogP contribution < -0.4 is 10.1 Å². The van der Waals surface area contributed by atoms with Gasteiger partial charge in [0, 0.05) is 12.5 Å². The molecule has 1 heterocycles. The number of ether oxygens (including phenoxy) is 3. The third-order valence-electron chi connectivity index (χ3n) is 4.79. The van der Waals surface area contributed by atoms with Crippen molar-refractivity contribution in [2.75, 3.05) is 6.61 Å². The SMILES string of the molecule is C[C@@H]1OC(=O)[C@@H](NC(=O)OC(C)(C)C)CCC[C@H](CCO)[C@H]1Oc1ccccc1. The largest absolute Gasteiger partial charge is 0.486 e. The van der Waals surface area contributed by atoms with Gasteiger partial charge in [-0.2, -0.15) is 0 Å². The molecule has 1 aromatic rings. The zero-order valence-electron chi connectivity index (χ0n) is 17.7. The zero-order valence-corrected chi connectivity index (χ0v) is 17.7. The van der Waals surface area contributed by atoms with E-state index in [1.165, 1.54) is 0 Å². The first-order chi connectivity index (χ1) is 13.7. The third kappa shape index (κ3) is 7.57. The van der Waals surface area contributed by atoms with Crippen molar-refractivity contribution in [3.63, 3.8) is 0 Å². The van der Waals surface area contributed by atoms with Crippen molar-refractivity contribution >= 4 is 12.1 Å². The van der Waals surface area contributed by atoms with Crippen LogP contribution in [0.15, 0.2) is 30.3 Å². The number of cyclic esters (lactones) is 1. The topological polar surface area (TPSA) is 94.1 Å². The maximum Gasteiger partial charge on any atom is 0.408 e. The second-order valence-corrected chi connectivity index (χ2v) is 8.44. The van der Waals surface area contributed by atoms with Crippen molar-refractivity contribution in [2.24, 2.45) is 5.92 Å². The minimum Gasteiger partial charge on any atom is -0.486 e. The molecule has 0 aliphatic carbocycles. The molecule has 1 aromatic carbocycles. The predicted molar refractivity (Wildman–Crippen MR) is 109 cm³/mol. The number of hydrogen-bond acceptors (Lipinski definition) is 6. The summed E-state index contributed by atoms with van der Waals surface area (Å²) in [6.45, 7) is 7.11. The van der Waals surface area contributed by atoms with Gasteiger partial charge in [-0.05, 0) is 59.1 Å². The fraction of sp³-hybridized carbons (Fsp3) is 0.636. The maximum atomic E-state index is 12.7. The molecular formula is C22H33NO6. The van der Waals surface area contributed by atoms with Crippen LogP contribution in [0, 0.1) is 5.92 Å². The van der Waals surface area contributed by atoms with E-state index in [1.807, 2.05) is 30.3 Å². The Balaban J connectivity index is 2.13. The number of rotatable bonds is 5. The molecule has 0 spiro atoms. The molecule has 7 nitrogen and oxygen atoms in total. The highest BCUT2D eigenvalue weighted by Crippen LogP contribution is 2.28. The molecule has 162 valence electrons. The predicted octanol–water partition coefficient (Wildman–Crippen LogP) is 3.44. The maximum absolute atomic E-state index is 12.7. The van der Waals surface area contributed by atoms with Crippen LogP contribution in [0.1, 0.15) is 53.4 Å². The normalized spacial score (nSPS) is 25.8. The van der Waals surface area contributed by atoms with E-state index in [0.717, 1.165) is 6.42 Å². The highest BCUT2D eigenvalue weighted by atomic mass is 16.6. The molecule has 7 heteroatoms. The van der Waals surface area contributed by atoms with Gasteiger partial charge in [-0.1, -0.05) is 24.6 Å². The Morgan fingerprint density at radius 1 is 1.24 bits per heavy atom. The number of para-hydroxylation sites is 1. The van der Waals surface area contributed by atoms with Gasteiger partial charge in [0.15, 0.2) is 0 Å². The number of carbonyl (C=O) groups is 2. The van der Waals surface area contributed by atoms with Crippen molar-refractivity contribution in [3.05, 3.63) is 30.3 Å². The van der Waals surface area contributed by atoms with Gasteiger partial charge in [-0.3, -0.25) is 0 Å². The van der Waals surface area contributed by atoms with Crippen LogP contribution in [0.4, 0.5) is 4.79 Å². The van der Waals surface area contributed by atoms with E-state index in [0.29, 0.717) is 25.0 Å². The van der Waals surface area contributed by atoms with Crippen LogP contribution in [-0.4, -0.2) is 47.6 Å². The Kier molecular flexibility index (Phi) is 8.32. The lowest BCUT2D eigenvalue weighted by atomic mass is 9.89. The third-order valence-corrected chi connectivity index (χ3v) is 4.79. The van der Waals surface area contributed by atoms with E-state index in [-0.39, 0.29) is 12.5 Å². The van der Waals surface area contributed by atoms with E-state index < -0.39 is 35.9 Å². The Labute approximate surface area is 172 Å². The average molecular weight is 408 g/mol. The lowest BCUT2D eigenvalue weighted by Gasteiger charge is -2.31. The number of amides is 1.